The number of rotatable bonds is 0. The van der Waals surface area contributed by atoms with Gasteiger partial charge < -0.3 is 0 Å². The van der Waals surface area contributed by atoms with Crippen molar-refractivity contribution in [2.75, 3.05) is 0 Å². The van der Waals surface area contributed by atoms with E-state index < -0.39 is 3.79 Å². The maximum atomic E-state index is 5.06. The van der Waals surface area contributed by atoms with Crippen molar-refractivity contribution in [3.8, 4) is 0 Å². The molecule has 0 fully saturated rings. The zero-order valence-electron chi connectivity index (χ0n) is 3.21. The maximum absolute atomic E-state index is 5.06. The van der Waals surface area contributed by atoms with Gasteiger partial charge in [0, 0.05) is 0 Å². The van der Waals surface area contributed by atoms with Gasteiger partial charge in [-0.1, -0.05) is 34.8 Å². The zero-order chi connectivity index (χ0) is 4.50. The van der Waals surface area contributed by atoms with Crippen molar-refractivity contribution in [1.29, 1.82) is 0 Å². The van der Waals surface area contributed by atoms with Gasteiger partial charge in [0.05, 0.1) is 0 Å². The first-order chi connectivity index (χ1) is 2.00. The van der Waals surface area contributed by atoms with E-state index in [1.165, 1.54) is 6.92 Å². The van der Waals surface area contributed by atoms with Gasteiger partial charge >= 0.3 is 17.4 Å². The third kappa shape index (κ3) is 53.2. The largest absolute Gasteiger partial charge is 3.00 e. The number of hydrogen-bond donors (Lipinski definition) is 0. The van der Waals surface area contributed by atoms with Crippen molar-refractivity contribution in [2.24, 2.45) is 0 Å². The van der Waals surface area contributed by atoms with Crippen LogP contribution in [0.1, 0.15) is 6.92 Å². The Hall–Kier alpha value is 1.40. The van der Waals surface area contributed by atoms with Gasteiger partial charge in [0.1, 0.15) is 0 Å². The fraction of sp³-hybridized carbons (Fsp3) is 1.00. The van der Waals surface area contributed by atoms with Crippen LogP contribution in [-0.4, -0.2) is 21.2 Å². The van der Waals surface area contributed by atoms with E-state index in [2.05, 4.69) is 0 Å². The standard InChI is InChI=1S/C2H3Cl3.Al/c1-2(3,4)5;/h1H3;/q;+3. The molecule has 0 bridgehead atoms. The van der Waals surface area contributed by atoms with Crippen LogP contribution >= 0.6 is 34.8 Å². The van der Waals surface area contributed by atoms with Crippen LogP contribution < -0.4 is 0 Å². The summed E-state index contributed by atoms with van der Waals surface area (Å²) in [7, 11) is 0. The fourth-order valence-electron chi connectivity index (χ4n) is 0. The molecule has 0 aliphatic rings. The summed E-state index contributed by atoms with van der Waals surface area (Å²) in [5, 5.41) is 0. The van der Waals surface area contributed by atoms with E-state index in [0.29, 0.717) is 0 Å². The Morgan fingerprint density at radius 2 is 1.17 bits per heavy atom. The maximum Gasteiger partial charge on any atom is 3.00 e. The van der Waals surface area contributed by atoms with Crippen LogP contribution in [-0.2, 0) is 0 Å². The first-order valence-electron chi connectivity index (χ1n) is 1.07. The smallest absolute Gasteiger partial charge is 0.0840 e. The van der Waals surface area contributed by atoms with Crippen LogP contribution in [0.15, 0.2) is 0 Å². The third-order valence-electron chi connectivity index (χ3n) is 0. The Bertz CT molecular complexity index is 24.3. The van der Waals surface area contributed by atoms with Crippen LogP contribution in [0, 0.1) is 0 Å². The molecule has 4 heteroatoms. The molecule has 0 aromatic carbocycles. The topological polar surface area (TPSA) is 0 Å². The van der Waals surface area contributed by atoms with Crippen molar-refractivity contribution >= 4 is 52.2 Å². The predicted octanol–water partition coefficient (Wildman–Crippen LogP) is 2.00. The van der Waals surface area contributed by atoms with Crippen molar-refractivity contribution in [1.82, 2.24) is 0 Å². The molecule has 0 aliphatic heterocycles. The van der Waals surface area contributed by atoms with Gasteiger partial charge in [0.15, 0.2) is 3.79 Å². The van der Waals surface area contributed by atoms with Crippen LogP contribution in [0.25, 0.3) is 0 Å². The van der Waals surface area contributed by atoms with E-state index >= 15 is 0 Å². The Labute approximate surface area is 62.9 Å². The van der Waals surface area contributed by atoms with Crippen molar-refractivity contribution in [3.05, 3.63) is 0 Å². The summed E-state index contributed by atoms with van der Waals surface area (Å²) in [4.78, 5) is 0. The van der Waals surface area contributed by atoms with Crippen LogP contribution in [0.5, 0.6) is 0 Å². The minimum atomic E-state index is -1.08. The zero-order valence-corrected chi connectivity index (χ0v) is 6.63. The summed E-state index contributed by atoms with van der Waals surface area (Å²) >= 11 is 15.2. The minimum absolute atomic E-state index is 0. The second-order valence-electron chi connectivity index (χ2n) is 0.781. The molecular formula is C2H3AlCl3+3. The SMILES string of the molecule is CC(Cl)(Cl)Cl.[Al+3]. The molecule has 0 heterocycles. The average molecular weight is 160 g/mol. The van der Waals surface area contributed by atoms with Gasteiger partial charge in [0.2, 0.25) is 0 Å². The van der Waals surface area contributed by atoms with E-state index in [9.17, 15) is 0 Å². The second kappa shape index (κ2) is 3.41. The van der Waals surface area contributed by atoms with Gasteiger partial charge in [-0.15, -0.1) is 0 Å². The summed E-state index contributed by atoms with van der Waals surface area (Å²) < 4.78 is -1.08. The molecule has 32 valence electrons. The number of alkyl halides is 3. The van der Waals surface area contributed by atoms with E-state index in [4.69, 9.17) is 34.8 Å². The van der Waals surface area contributed by atoms with Crippen LogP contribution in [0.3, 0.4) is 0 Å². The van der Waals surface area contributed by atoms with Gasteiger partial charge in [-0.05, 0) is 6.92 Å². The molecule has 0 aromatic rings. The van der Waals surface area contributed by atoms with Crippen LogP contribution in [0.4, 0.5) is 0 Å². The summed E-state index contributed by atoms with van der Waals surface area (Å²) in [6.07, 6.45) is 0. The van der Waals surface area contributed by atoms with Gasteiger partial charge in [-0.3, -0.25) is 0 Å². The van der Waals surface area contributed by atoms with Gasteiger partial charge in [-0.25, -0.2) is 0 Å². The molecule has 0 saturated carbocycles. The molecule has 0 unspecified atom stereocenters. The van der Waals surface area contributed by atoms with E-state index in [0.717, 1.165) is 0 Å². The van der Waals surface area contributed by atoms with Crippen LogP contribution in [0.2, 0.25) is 0 Å². The summed E-state index contributed by atoms with van der Waals surface area (Å²) in [5.74, 6) is 0. The average Bonchev–Trinajstić information content (AvgIpc) is 0.722. The quantitative estimate of drug-likeness (QED) is 0.376. The number of halogens is 3. The van der Waals surface area contributed by atoms with Crippen molar-refractivity contribution in [2.45, 2.75) is 10.7 Å². The molecule has 0 aromatic heterocycles. The molecule has 0 N–H and O–H groups in total. The predicted molar refractivity (Wildman–Crippen MR) is 31.7 cm³/mol. The Balaban J connectivity index is 0. The van der Waals surface area contributed by atoms with Gasteiger partial charge in [0.25, 0.3) is 0 Å². The summed E-state index contributed by atoms with van der Waals surface area (Å²) in [6.45, 7) is 1.48. The molecule has 0 atom stereocenters. The Morgan fingerprint density at radius 1 is 1.17 bits per heavy atom. The van der Waals surface area contributed by atoms with Gasteiger partial charge in [-0.2, -0.15) is 0 Å². The van der Waals surface area contributed by atoms with E-state index in [1.54, 1.807) is 0 Å². The Kier molecular flexibility index (Phi) is 5.91. The normalized spacial score (nSPS) is 10.0. The Morgan fingerprint density at radius 3 is 1.17 bits per heavy atom. The second-order valence-corrected chi connectivity index (χ2v) is 3.63. The first-order valence-corrected chi connectivity index (χ1v) is 2.20. The molecule has 0 spiro atoms. The fourth-order valence-corrected chi connectivity index (χ4v) is 0. The minimum Gasteiger partial charge on any atom is -0.0840 e. The molecule has 0 saturated heterocycles. The first kappa shape index (κ1) is 10.4. The molecular weight excluding hydrogens is 157 g/mol. The van der Waals surface area contributed by atoms with E-state index in [1.807, 2.05) is 0 Å². The molecule has 0 aliphatic carbocycles. The molecule has 0 radical (unpaired) electrons. The van der Waals surface area contributed by atoms with E-state index in [-0.39, 0.29) is 17.4 Å². The monoisotopic (exact) mass is 159 g/mol. The summed E-state index contributed by atoms with van der Waals surface area (Å²) in [5.41, 5.74) is 0. The molecule has 0 nitrogen and oxygen atoms in total. The molecule has 0 rings (SSSR count). The number of hydrogen-bond acceptors (Lipinski definition) is 0. The van der Waals surface area contributed by atoms with Crippen molar-refractivity contribution < 1.29 is 0 Å². The third-order valence-corrected chi connectivity index (χ3v) is 0. The summed E-state index contributed by atoms with van der Waals surface area (Å²) in [6, 6.07) is 0. The van der Waals surface area contributed by atoms with Crippen molar-refractivity contribution in [3.63, 3.8) is 0 Å². The molecule has 6 heavy (non-hydrogen) atoms. The molecule has 0 amide bonds.